The van der Waals surface area contributed by atoms with E-state index < -0.39 is 47.4 Å². The zero-order chi connectivity index (χ0) is 28.8. The van der Waals surface area contributed by atoms with Gasteiger partial charge in [0.25, 0.3) is 17.5 Å². The second-order valence-corrected chi connectivity index (χ2v) is 9.13. The van der Waals surface area contributed by atoms with Crippen LogP contribution in [0.15, 0.2) is 78.9 Å². The second-order valence-electron chi connectivity index (χ2n) is 9.13. The van der Waals surface area contributed by atoms with Crippen molar-refractivity contribution in [1.29, 1.82) is 0 Å². The molecule has 2 unspecified atom stereocenters. The summed E-state index contributed by atoms with van der Waals surface area (Å²) in [4.78, 5) is 64.9. The molecule has 1 saturated heterocycles. The Kier molecular flexibility index (Phi) is 8.38. The molecule has 0 radical (unpaired) electrons. The van der Waals surface area contributed by atoms with Gasteiger partial charge in [-0.1, -0.05) is 48.0 Å². The van der Waals surface area contributed by atoms with Crippen molar-refractivity contribution < 1.29 is 33.9 Å². The van der Waals surface area contributed by atoms with Crippen LogP contribution in [0.25, 0.3) is 0 Å². The first kappa shape index (κ1) is 27.8. The van der Waals surface area contributed by atoms with Gasteiger partial charge in [-0.05, 0) is 36.8 Å². The van der Waals surface area contributed by atoms with Gasteiger partial charge in [0.1, 0.15) is 5.75 Å². The third-order valence-electron chi connectivity index (χ3n) is 6.29. The number of carbonyl (C=O) groups excluding carboxylic acids is 3. The van der Waals surface area contributed by atoms with Crippen LogP contribution in [-0.2, 0) is 9.59 Å². The van der Waals surface area contributed by atoms with E-state index in [0.717, 1.165) is 10.5 Å². The molecule has 4 rings (SSSR count). The number of nitro benzene ring substituents is 1. The summed E-state index contributed by atoms with van der Waals surface area (Å²) in [7, 11) is 0. The summed E-state index contributed by atoms with van der Waals surface area (Å²) in [5.41, 5.74) is 1.01. The molecule has 0 spiro atoms. The standard InChI is InChI=1S/C28H26N4O8/c1-18-7-5-9-20(15-18)27(36)30-13-14-31(28(37)40-22-11-3-2-4-12-22)26(30)25(35)29-23(17-24(33)34)19-8-6-10-21(16-19)32(38)39/h2-12,15-16,23,26H,13-14,17H2,1H3,(H,29,35)(H,33,34). The fourth-order valence-electron chi connectivity index (χ4n) is 4.44. The zero-order valence-electron chi connectivity index (χ0n) is 21.4. The molecular weight excluding hydrogens is 520 g/mol. The number of amides is 3. The number of non-ortho nitro benzene ring substituents is 1. The summed E-state index contributed by atoms with van der Waals surface area (Å²) in [5.74, 6) is -2.39. The Balaban J connectivity index is 1.66. The summed E-state index contributed by atoms with van der Waals surface area (Å²) in [6.07, 6.45) is -2.95. The number of nitrogens with zero attached hydrogens (tertiary/aromatic N) is 3. The Morgan fingerprint density at radius 1 is 1.00 bits per heavy atom. The number of para-hydroxylation sites is 1. The lowest BCUT2D eigenvalue weighted by Gasteiger charge is -2.30. The molecule has 0 saturated carbocycles. The average Bonchev–Trinajstić information content (AvgIpc) is 3.38. The molecular formula is C28H26N4O8. The van der Waals surface area contributed by atoms with Crippen LogP contribution in [0.2, 0.25) is 0 Å². The number of carbonyl (C=O) groups is 4. The summed E-state index contributed by atoms with van der Waals surface area (Å²) in [5, 5.41) is 23.3. The fraction of sp³-hybridized carbons (Fsp3) is 0.214. The number of benzene rings is 3. The van der Waals surface area contributed by atoms with Gasteiger partial charge >= 0.3 is 12.1 Å². The van der Waals surface area contributed by atoms with E-state index >= 15 is 0 Å². The summed E-state index contributed by atoms with van der Waals surface area (Å²) in [6.45, 7) is 1.79. The molecule has 2 atom stereocenters. The molecule has 1 aliphatic heterocycles. The lowest BCUT2D eigenvalue weighted by molar-refractivity contribution is -0.384. The van der Waals surface area contributed by atoms with Crippen molar-refractivity contribution in [2.75, 3.05) is 13.1 Å². The molecule has 1 fully saturated rings. The maximum Gasteiger partial charge on any atom is 0.417 e. The van der Waals surface area contributed by atoms with E-state index in [0.29, 0.717) is 5.56 Å². The predicted molar refractivity (Wildman–Crippen MR) is 141 cm³/mol. The van der Waals surface area contributed by atoms with Gasteiger partial charge in [-0.15, -0.1) is 0 Å². The van der Waals surface area contributed by atoms with Crippen LogP contribution in [0, 0.1) is 17.0 Å². The van der Waals surface area contributed by atoms with E-state index in [-0.39, 0.29) is 30.1 Å². The molecule has 3 aromatic rings. The highest BCUT2D eigenvalue weighted by atomic mass is 16.6. The molecule has 1 aliphatic rings. The van der Waals surface area contributed by atoms with Gasteiger partial charge in [0.05, 0.1) is 17.4 Å². The number of carboxylic acids is 1. The van der Waals surface area contributed by atoms with Gasteiger partial charge in [0.2, 0.25) is 0 Å². The van der Waals surface area contributed by atoms with Gasteiger partial charge in [-0.3, -0.25) is 29.4 Å². The summed E-state index contributed by atoms with van der Waals surface area (Å²) in [6, 6.07) is 19.0. The van der Waals surface area contributed by atoms with E-state index in [1.165, 1.54) is 29.2 Å². The topological polar surface area (TPSA) is 159 Å². The number of hydrogen-bond donors (Lipinski definition) is 2. The first-order valence-electron chi connectivity index (χ1n) is 12.3. The van der Waals surface area contributed by atoms with Gasteiger partial charge in [0.15, 0.2) is 6.17 Å². The Hall–Kier alpha value is -5.26. The van der Waals surface area contributed by atoms with Crippen molar-refractivity contribution >= 4 is 29.6 Å². The van der Waals surface area contributed by atoms with E-state index in [2.05, 4.69) is 5.32 Å². The molecule has 3 aromatic carbocycles. The Labute approximate surface area is 228 Å². The Bertz CT molecular complexity index is 1440. The van der Waals surface area contributed by atoms with Crippen molar-refractivity contribution in [3.8, 4) is 5.75 Å². The first-order valence-corrected chi connectivity index (χ1v) is 12.3. The highest BCUT2D eigenvalue weighted by Gasteiger charge is 2.44. The number of ether oxygens (including phenoxy) is 1. The number of aliphatic carboxylic acids is 1. The van der Waals surface area contributed by atoms with Gasteiger partial charge < -0.3 is 20.1 Å². The Morgan fingerprint density at radius 2 is 1.70 bits per heavy atom. The Morgan fingerprint density at radius 3 is 2.38 bits per heavy atom. The van der Waals surface area contributed by atoms with E-state index in [1.807, 2.05) is 13.0 Å². The van der Waals surface area contributed by atoms with Crippen LogP contribution in [-0.4, -0.2) is 63.0 Å². The van der Waals surface area contributed by atoms with Crippen LogP contribution < -0.4 is 10.1 Å². The molecule has 206 valence electrons. The van der Waals surface area contributed by atoms with Crippen molar-refractivity contribution in [2.45, 2.75) is 25.6 Å². The van der Waals surface area contributed by atoms with Crippen molar-refractivity contribution in [2.24, 2.45) is 0 Å². The minimum atomic E-state index is -1.47. The van der Waals surface area contributed by atoms with Crippen molar-refractivity contribution in [3.63, 3.8) is 0 Å². The number of nitrogens with one attached hydrogen (secondary N) is 1. The van der Waals surface area contributed by atoms with Crippen LogP contribution in [0.3, 0.4) is 0 Å². The minimum Gasteiger partial charge on any atom is -0.481 e. The molecule has 12 nitrogen and oxygen atoms in total. The highest BCUT2D eigenvalue weighted by Crippen LogP contribution is 2.25. The largest absolute Gasteiger partial charge is 0.481 e. The van der Waals surface area contributed by atoms with Crippen LogP contribution in [0.1, 0.15) is 33.9 Å². The quantitative estimate of drug-likeness (QED) is 0.321. The SMILES string of the molecule is Cc1cccc(C(=O)N2CCN(C(=O)Oc3ccccc3)C2C(=O)NC(CC(=O)O)c2cccc([N+](=O)[O-])c2)c1. The second kappa shape index (κ2) is 12.1. The fourth-order valence-corrected chi connectivity index (χ4v) is 4.44. The lowest BCUT2D eigenvalue weighted by Crippen LogP contribution is -2.55. The molecule has 12 heteroatoms. The van der Waals surface area contributed by atoms with E-state index in [4.69, 9.17) is 4.74 Å². The maximum absolute atomic E-state index is 13.7. The van der Waals surface area contributed by atoms with E-state index in [9.17, 15) is 34.4 Å². The number of aryl methyl sites for hydroxylation is 1. The summed E-state index contributed by atoms with van der Waals surface area (Å²) >= 11 is 0. The van der Waals surface area contributed by atoms with Gasteiger partial charge in [0, 0.05) is 30.8 Å². The normalized spacial score (nSPS) is 15.3. The molecule has 0 aliphatic carbocycles. The third kappa shape index (κ3) is 6.41. The van der Waals surface area contributed by atoms with Crippen molar-refractivity contribution in [3.05, 3.63) is 106 Å². The van der Waals surface area contributed by atoms with Gasteiger partial charge in [-0.2, -0.15) is 0 Å². The number of rotatable bonds is 8. The molecule has 0 aromatic heterocycles. The smallest absolute Gasteiger partial charge is 0.417 e. The average molecular weight is 547 g/mol. The zero-order valence-corrected chi connectivity index (χ0v) is 21.4. The minimum absolute atomic E-state index is 0.00908. The summed E-state index contributed by atoms with van der Waals surface area (Å²) < 4.78 is 5.43. The highest BCUT2D eigenvalue weighted by molar-refractivity contribution is 5.99. The number of hydrogen-bond acceptors (Lipinski definition) is 7. The maximum atomic E-state index is 13.7. The van der Waals surface area contributed by atoms with Crippen LogP contribution >= 0.6 is 0 Å². The number of nitro groups is 1. The van der Waals surface area contributed by atoms with Crippen LogP contribution in [0.5, 0.6) is 5.75 Å². The van der Waals surface area contributed by atoms with Crippen molar-refractivity contribution in [1.82, 2.24) is 15.1 Å². The molecule has 0 bridgehead atoms. The third-order valence-corrected chi connectivity index (χ3v) is 6.29. The van der Waals surface area contributed by atoms with Crippen LogP contribution in [0.4, 0.5) is 10.5 Å². The molecule has 40 heavy (non-hydrogen) atoms. The monoisotopic (exact) mass is 546 g/mol. The number of carboxylic acid groups (broad SMARTS) is 1. The predicted octanol–water partition coefficient (Wildman–Crippen LogP) is 3.52. The van der Waals surface area contributed by atoms with Gasteiger partial charge in [-0.25, -0.2) is 4.79 Å². The first-order chi connectivity index (χ1) is 19.1. The van der Waals surface area contributed by atoms with E-state index in [1.54, 1.807) is 48.5 Å². The molecule has 3 amide bonds. The molecule has 2 N–H and O–H groups in total. The molecule has 1 heterocycles. The lowest BCUT2D eigenvalue weighted by atomic mass is 10.0.